The van der Waals surface area contributed by atoms with E-state index in [1.807, 2.05) is 37.3 Å². The van der Waals surface area contributed by atoms with Gasteiger partial charge in [-0.1, -0.05) is 29.8 Å². The van der Waals surface area contributed by atoms with Gasteiger partial charge >= 0.3 is 0 Å². The van der Waals surface area contributed by atoms with Crippen molar-refractivity contribution in [3.8, 4) is 5.75 Å². The van der Waals surface area contributed by atoms with Crippen LogP contribution in [-0.4, -0.2) is 17.5 Å². The number of benzene rings is 2. The Kier molecular flexibility index (Phi) is 6.05. The number of hydrogen-bond acceptors (Lipinski definition) is 4. The van der Waals surface area contributed by atoms with Gasteiger partial charge in [0.25, 0.3) is 5.91 Å². The number of carbonyl (C=O) groups excluding carboxylic acids is 1. The van der Waals surface area contributed by atoms with Crippen molar-refractivity contribution in [2.24, 2.45) is 0 Å². The number of ether oxygens (including phenoxy) is 1. The lowest BCUT2D eigenvalue weighted by Crippen LogP contribution is -2.12. The molecule has 2 N–H and O–H groups in total. The molecule has 1 heterocycles. The number of pyridine rings is 1. The summed E-state index contributed by atoms with van der Waals surface area (Å²) < 4.78 is 5.41. The molecule has 3 rings (SSSR count). The predicted octanol–water partition coefficient (Wildman–Crippen LogP) is 4.65. The number of anilines is 2. The summed E-state index contributed by atoms with van der Waals surface area (Å²) in [4.78, 5) is 16.8. The Balaban J connectivity index is 1.62. The zero-order chi connectivity index (χ0) is 19.1. The molecule has 3 aromatic rings. The fraction of sp³-hybridized carbons (Fsp3) is 0.182. The van der Waals surface area contributed by atoms with Gasteiger partial charge in [0.05, 0.1) is 6.61 Å². The van der Waals surface area contributed by atoms with Gasteiger partial charge in [-0.05, 0) is 55.8 Å². The van der Waals surface area contributed by atoms with E-state index in [0.717, 1.165) is 11.4 Å². The van der Waals surface area contributed by atoms with Gasteiger partial charge in [0, 0.05) is 24.0 Å². The molecular formula is C22H23N3O2. The maximum atomic E-state index is 12.5. The molecule has 1 amide bonds. The van der Waals surface area contributed by atoms with E-state index in [-0.39, 0.29) is 5.91 Å². The van der Waals surface area contributed by atoms with Crippen molar-refractivity contribution in [3.05, 3.63) is 83.6 Å². The molecule has 0 aliphatic heterocycles. The highest BCUT2D eigenvalue weighted by Gasteiger charge is 2.08. The van der Waals surface area contributed by atoms with Gasteiger partial charge < -0.3 is 15.4 Å². The molecule has 0 spiro atoms. The summed E-state index contributed by atoms with van der Waals surface area (Å²) in [6, 6.07) is 19.0. The maximum absolute atomic E-state index is 12.5. The van der Waals surface area contributed by atoms with E-state index in [0.29, 0.717) is 24.5 Å². The highest BCUT2D eigenvalue weighted by molar-refractivity contribution is 6.04. The Hall–Kier alpha value is -3.34. The first-order valence-corrected chi connectivity index (χ1v) is 8.94. The molecule has 2 aromatic carbocycles. The van der Waals surface area contributed by atoms with E-state index in [1.165, 1.54) is 11.1 Å². The molecule has 27 heavy (non-hydrogen) atoms. The van der Waals surface area contributed by atoms with Gasteiger partial charge in [0.15, 0.2) is 0 Å². The molecule has 0 aliphatic carbocycles. The Labute approximate surface area is 159 Å². The summed E-state index contributed by atoms with van der Waals surface area (Å²) in [5.74, 6) is 1.26. The fourth-order valence-corrected chi connectivity index (χ4v) is 2.69. The van der Waals surface area contributed by atoms with Gasteiger partial charge in [-0.15, -0.1) is 0 Å². The van der Waals surface area contributed by atoms with Crippen LogP contribution in [0.5, 0.6) is 5.75 Å². The number of aryl methyl sites for hydroxylation is 1. The molecule has 0 atom stereocenters. The number of nitrogens with zero attached hydrogens (tertiary/aromatic N) is 1. The summed E-state index contributed by atoms with van der Waals surface area (Å²) in [5, 5.41) is 6.15. The Bertz CT molecular complexity index is 907. The molecule has 0 aliphatic rings. The van der Waals surface area contributed by atoms with Gasteiger partial charge in [-0.2, -0.15) is 0 Å². The highest BCUT2D eigenvalue weighted by atomic mass is 16.5. The lowest BCUT2D eigenvalue weighted by molar-refractivity contribution is 0.102. The third-order valence-corrected chi connectivity index (χ3v) is 4.00. The summed E-state index contributed by atoms with van der Waals surface area (Å²) in [6.45, 7) is 5.26. The molecule has 1 aromatic heterocycles. The van der Waals surface area contributed by atoms with Crippen LogP contribution >= 0.6 is 0 Å². The number of rotatable bonds is 7. The first-order valence-electron chi connectivity index (χ1n) is 8.94. The Morgan fingerprint density at radius 1 is 1.07 bits per heavy atom. The molecule has 138 valence electrons. The van der Waals surface area contributed by atoms with Gasteiger partial charge in [-0.25, -0.2) is 4.98 Å². The maximum Gasteiger partial charge on any atom is 0.255 e. The topological polar surface area (TPSA) is 63.2 Å². The number of nitrogens with one attached hydrogen (secondary N) is 2. The van der Waals surface area contributed by atoms with E-state index >= 15 is 0 Å². The molecule has 0 saturated heterocycles. The van der Waals surface area contributed by atoms with Crippen LogP contribution in [0.25, 0.3) is 0 Å². The second-order valence-electron chi connectivity index (χ2n) is 6.18. The van der Waals surface area contributed by atoms with E-state index in [2.05, 4.69) is 40.7 Å². The molecule has 0 unspecified atom stereocenters. The average Bonchev–Trinajstić information content (AvgIpc) is 2.68. The standard InChI is InChI=1S/C22H23N3O2/c1-3-27-20-9-7-19(8-10-20)25-22(26)18-11-12-23-21(14-18)24-15-17-6-4-5-16(2)13-17/h4-14H,3,15H2,1-2H3,(H,23,24)(H,25,26). The van der Waals surface area contributed by atoms with Crippen molar-refractivity contribution in [2.75, 3.05) is 17.2 Å². The molecular weight excluding hydrogens is 338 g/mol. The summed E-state index contributed by atoms with van der Waals surface area (Å²) >= 11 is 0. The lowest BCUT2D eigenvalue weighted by Gasteiger charge is -2.09. The van der Waals surface area contributed by atoms with Crippen LogP contribution in [0, 0.1) is 6.92 Å². The monoisotopic (exact) mass is 361 g/mol. The second kappa shape index (κ2) is 8.85. The van der Waals surface area contributed by atoms with Crippen LogP contribution in [0.1, 0.15) is 28.4 Å². The van der Waals surface area contributed by atoms with Crippen LogP contribution in [0.15, 0.2) is 66.9 Å². The largest absolute Gasteiger partial charge is 0.494 e. The van der Waals surface area contributed by atoms with E-state index in [1.54, 1.807) is 18.3 Å². The van der Waals surface area contributed by atoms with Crippen LogP contribution < -0.4 is 15.4 Å². The third-order valence-electron chi connectivity index (χ3n) is 4.00. The normalized spacial score (nSPS) is 10.3. The number of hydrogen-bond donors (Lipinski definition) is 2. The number of carbonyl (C=O) groups is 1. The molecule has 5 heteroatoms. The zero-order valence-corrected chi connectivity index (χ0v) is 15.5. The second-order valence-corrected chi connectivity index (χ2v) is 6.18. The number of amides is 1. The Morgan fingerprint density at radius 2 is 1.89 bits per heavy atom. The summed E-state index contributed by atoms with van der Waals surface area (Å²) in [6.07, 6.45) is 1.63. The fourth-order valence-electron chi connectivity index (χ4n) is 2.69. The van der Waals surface area contributed by atoms with Crippen molar-refractivity contribution in [1.29, 1.82) is 0 Å². The van der Waals surface area contributed by atoms with Crippen molar-refractivity contribution >= 4 is 17.4 Å². The van der Waals surface area contributed by atoms with E-state index in [9.17, 15) is 4.79 Å². The number of aromatic nitrogens is 1. The predicted molar refractivity (Wildman–Crippen MR) is 108 cm³/mol. The molecule has 0 radical (unpaired) electrons. The third kappa shape index (κ3) is 5.31. The van der Waals surface area contributed by atoms with Crippen molar-refractivity contribution in [1.82, 2.24) is 4.98 Å². The average molecular weight is 361 g/mol. The first kappa shape index (κ1) is 18.5. The molecule has 0 saturated carbocycles. The first-order chi connectivity index (χ1) is 13.1. The van der Waals surface area contributed by atoms with Crippen LogP contribution in [0.2, 0.25) is 0 Å². The quantitative estimate of drug-likeness (QED) is 0.643. The van der Waals surface area contributed by atoms with Crippen molar-refractivity contribution < 1.29 is 9.53 Å². The van der Waals surface area contributed by atoms with Crippen LogP contribution in [0.3, 0.4) is 0 Å². The highest BCUT2D eigenvalue weighted by Crippen LogP contribution is 2.17. The zero-order valence-electron chi connectivity index (χ0n) is 15.5. The summed E-state index contributed by atoms with van der Waals surface area (Å²) in [7, 11) is 0. The van der Waals surface area contributed by atoms with Crippen LogP contribution in [0.4, 0.5) is 11.5 Å². The van der Waals surface area contributed by atoms with Gasteiger partial charge in [0.2, 0.25) is 0 Å². The smallest absolute Gasteiger partial charge is 0.255 e. The minimum atomic E-state index is -0.180. The Morgan fingerprint density at radius 3 is 2.63 bits per heavy atom. The van der Waals surface area contributed by atoms with Crippen LogP contribution in [-0.2, 0) is 6.54 Å². The lowest BCUT2D eigenvalue weighted by atomic mass is 10.1. The van der Waals surface area contributed by atoms with Crippen molar-refractivity contribution in [2.45, 2.75) is 20.4 Å². The van der Waals surface area contributed by atoms with Gasteiger partial charge in [-0.3, -0.25) is 4.79 Å². The SMILES string of the molecule is CCOc1ccc(NC(=O)c2ccnc(NCc3cccc(C)c3)c2)cc1. The molecule has 0 fully saturated rings. The summed E-state index contributed by atoms with van der Waals surface area (Å²) in [5.41, 5.74) is 3.65. The molecule has 0 bridgehead atoms. The minimum absolute atomic E-state index is 0.180. The molecule has 5 nitrogen and oxygen atoms in total. The van der Waals surface area contributed by atoms with Crippen molar-refractivity contribution in [3.63, 3.8) is 0 Å². The van der Waals surface area contributed by atoms with E-state index < -0.39 is 0 Å². The van der Waals surface area contributed by atoms with Gasteiger partial charge in [0.1, 0.15) is 11.6 Å². The minimum Gasteiger partial charge on any atom is -0.494 e. The van der Waals surface area contributed by atoms with E-state index in [4.69, 9.17) is 4.74 Å².